The highest BCUT2D eigenvalue weighted by Gasteiger charge is 2.30. The van der Waals surface area contributed by atoms with Crippen LogP contribution < -0.4 is 0 Å². The summed E-state index contributed by atoms with van der Waals surface area (Å²) in [5.74, 6) is 0. The van der Waals surface area contributed by atoms with Crippen molar-refractivity contribution in [1.29, 1.82) is 0 Å². The Balaban J connectivity index is 3.99. The van der Waals surface area contributed by atoms with Gasteiger partial charge in [-0.2, -0.15) is 0 Å². The molecule has 0 spiro atoms. The van der Waals surface area contributed by atoms with Crippen molar-refractivity contribution in [2.75, 3.05) is 0 Å². The van der Waals surface area contributed by atoms with Gasteiger partial charge in [0.25, 0.3) is 0 Å². The van der Waals surface area contributed by atoms with Gasteiger partial charge in [0.05, 0.1) is 4.32 Å². The van der Waals surface area contributed by atoms with Crippen LogP contribution in [0.3, 0.4) is 0 Å². The fraction of sp³-hybridized carbons (Fsp3) is 0.875. The second kappa shape index (κ2) is 5.15. The Morgan fingerprint density at radius 2 is 2.09 bits per heavy atom. The summed E-state index contributed by atoms with van der Waals surface area (Å²) in [5, 5.41) is -0.270. The fourth-order valence-electron chi connectivity index (χ4n) is 0.871. The van der Waals surface area contributed by atoms with Crippen molar-refractivity contribution in [3.05, 3.63) is 0 Å². The maximum absolute atomic E-state index is 10.9. The van der Waals surface area contributed by atoms with Crippen LogP contribution in [0.25, 0.3) is 0 Å². The van der Waals surface area contributed by atoms with E-state index >= 15 is 0 Å². The minimum absolute atomic E-state index is 0.270. The molecule has 0 rings (SSSR count). The quantitative estimate of drug-likeness (QED) is 0.532. The lowest BCUT2D eigenvalue weighted by molar-refractivity contribution is -0.113. The molecule has 0 N–H and O–H groups in total. The molecule has 0 aromatic carbocycles. The van der Waals surface area contributed by atoms with E-state index in [9.17, 15) is 4.79 Å². The van der Waals surface area contributed by atoms with Crippen LogP contribution in [-0.4, -0.2) is 9.57 Å². The summed E-state index contributed by atoms with van der Waals surface area (Å²) in [5.41, 5.74) is 0. The number of halogens is 2. The van der Waals surface area contributed by atoms with Crippen molar-refractivity contribution >= 4 is 32.8 Å². The molecule has 3 heteroatoms. The topological polar surface area (TPSA) is 17.1 Å². The highest BCUT2D eigenvalue weighted by molar-refractivity contribution is 9.10. The van der Waals surface area contributed by atoms with Crippen LogP contribution in [0.15, 0.2) is 0 Å². The molecule has 11 heavy (non-hydrogen) atoms. The summed E-state index contributed by atoms with van der Waals surface area (Å²) in [6.07, 6.45) is 3.73. The van der Waals surface area contributed by atoms with Crippen molar-refractivity contribution in [3.63, 3.8) is 0 Å². The zero-order chi connectivity index (χ0) is 8.91. The van der Waals surface area contributed by atoms with Gasteiger partial charge in [0, 0.05) is 0 Å². The van der Waals surface area contributed by atoms with Gasteiger partial charge in [0.2, 0.25) is 5.24 Å². The van der Waals surface area contributed by atoms with Crippen LogP contribution in [0.2, 0.25) is 0 Å². The van der Waals surface area contributed by atoms with E-state index in [1.165, 1.54) is 0 Å². The van der Waals surface area contributed by atoms with E-state index in [0.29, 0.717) is 0 Å². The maximum Gasteiger partial charge on any atom is 0.238 e. The van der Waals surface area contributed by atoms with E-state index in [1.54, 1.807) is 0 Å². The molecule has 0 aromatic rings. The summed E-state index contributed by atoms with van der Waals surface area (Å²) in [6.45, 7) is 4.06. The Labute approximate surface area is 81.6 Å². The SMILES string of the molecule is CCCCC(Br)(CC)C(=O)Cl. The maximum atomic E-state index is 10.9. The third-order valence-corrected chi connectivity index (χ3v) is 3.75. The normalized spacial score (nSPS) is 16.0. The molecule has 0 aliphatic rings. The zero-order valence-electron chi connectivity index (χ0n) is 6.99. The van der Waals surface area contributed by atoms with Gasteiger partial charge < -0.3 is 0 Å². The summed E-state index contributed by atoms with van der Waals surface area (Å²) in [6, 6.07) is 0. The van der Waals surface area contributed by atoms with Crippen molar-refractivity contribution in [1.82, 2.24) is 0 Å². The Kier molecular flexibility index (Phi) is 5.36. The molecule has 0 radical (unpaired) electrons. The Morgan fingerprint density at radius 3 is 2.36 bits per heavy atom. The monoisotopic (exact) mass is 240 g/mol. The third-order valence-electron chi connectivity index (χ3n) is 1.84. The molecular formula is C8H14BrClO. The molecule has 0 amide bonds. The molecule has 1 nitrogen and oxygen atoms in total. The summed E-state index contributed by atoms with van der Waals surface area (Å²) in [4.78, 5) is 10.9. The fourth-order valence-corrected chi connectivity index (χ4v) is 1.38. The van der Waals surface area contributed by atoms with Crippen LogP contribution in [0.1, 0.15) is 39.5 Å². The number of hydrogen-bond acceptors (Lipinski definition) is 1. The number of carbonyl (C=O) groups is 1. The van der Waals surface area contributed by atoms with Gasteiger partial charge in [0.1, 0.15) is 0 Å². The molecule has 0 saturated heterocycles. The van der Waals surface area contributed by atoms with Gasteiger partial charge >= 0.3 is 0 Å². The van der Waals surface area contributed by atoms with E-state index in [-0.39, 0.29) is 5.24 Å². The average molecular weight is 242 g/mol. The molecule has 0 saturated carbocycles. The number of unbranched alkanes of at least 4 members (excludes halogenated alkanes) is 1. The lowest BCUT2D eigenvalue weighted by Gasteiger charge is -2.20. The zero-order valence-corrected chi connectivity index (χ0v) is 9.33. The minimum atomic E-state index is -0.468. The van der Waals surface area contributed by atoms with Crippen LogP contribution in [0, 0.1) is 0 Å². The number of hydrogen-bond donors (Lipinski definition) is 0. The van der Waals surface area contributed by atoms with Crippen molar-refractivity contribution < 1.29 is 4.79 Å². The van der Waals surface area contributed by atoms with E-state index in [1.807, 2.05) is 6.92 Å². The van der Waals surface area contributed by atoms with Crippen LogP contribution in [0.5, 0.6) is 0 Å². The third kappa shape index (κ3) is 3.57. The molecule has 1 unspecified atom stereocenters. The smallest absolute Gasteiger partial charge is 0.238 e. The lowest BCUT2D eigenvalue weighted by atomic mass is 10.0. The average Bonchev–Trinajstić information content (AvgIpc) is 2.00. The highest BCUT2D eigenvalue weighted by Crippen LogP contribution is 2.31. The molecule has 0 aliphatic carbocycles. The molecule has 0 fully saturated rings. The molecule has 66 valence electrons. The molecule has 0 heterocycles. The molecule has 0 bridgehead atoms. The highest BCUT2D eigenvalue weighted by atomic mass is 79.9. The van der Waals surface area contributed by atoms with Crippen LogP contribution in [-0.2, 0) is 4.79 Å². The van der Waals surface area contributed by atoms with Gasteiger partial charge in [-0.05, 0) is 24.4 Å². The summed E-state index contributed by atoms with van der Waals surface area (Å²) in [7, 11) is 0. The first-order chi connectivity index (χ1) is 5.06. The molecule has 0 aliphatic heterocycles. The van der Waals surface area contributed by atoms with Crippen molar-refractivity contribution in [2.45, 2.75) is 43.9 Å². The number of carbonyl (C=O) groups excluding carboxylic acids is 1. The minimum Gasteiger partial charge on any atom is -0.280 e. The van der Waals surface area contributed by atoms with Gasteiger partial charge in [0.15, 0.2) is 0 Å². The van der Waals surface area contributed by atoms with Gasteiger partial charge in [-0.15, -0.1) is 0 Å². The van der Waals surface area contributed by atoms with E-state index < -0.39 is 4.32 Å². The molecule has 0 aromatic heterocycles. The van der Waals surface area contributed by atoms with Gasteiger partial charge in [-0.3, -0.25) is 4.79 Å². The first-order valence-corrected chi connectivity index (χ1v) is 5.12. The summed E-state index contributed by atoms with van der Waals surface area (Å²) >= 11 is 8.80. The predicted molar refractivity (Wildman–Crippen MR) is 52.3 cm³/mol. The standard InChI is InChI=1S/C8H14BrClO/c1-3-5-6-8(9,4-2)7(10)11/h3-6H2,1-2H3. The Morgan fingerprint density at radius 1 is 1.55 bits per heavy atom. The van der Waals surface area contributed by atoms with Gasteiger partial charge in [-0.1, -0.05) is 42.6 Å². The molecule has 1 atom stereocenters. The van der Waals surface area contributed by atoms with E-state index in [2.05, 4.69) is 22.9 Å². The van der Waals surface area contributed by atoms with Crippen LogP contribution >= 0.6 is 27.5 Å². The summed E-state index contributed by atoms with van der Waals surface area (Å²) < 4.78 is -0.468. The molecular weight excluding hydrogens is 227 g/mol. The van der Waals surface area contributed by atoms with Crippen LogP contribution in [0.4, 0.5) is 0 Å². The first-order valence-electron chi connectivity index (χ1n) is 3.95. The first kappa shape index (κ1) is 11.4. The van der Waals surface area contributed by atoms with E-state index in [0.717, 1.165) is 25.7 Å². The number of rotatable bonds is 5. The largest absolute Gasteiger partial charge is 0.280 e. The Hall–Kier alpha value is 0.440. The second-order valence-electron chi connectivity index (χ2n) is 2.70. The lowest BCUT2D eigenvalue weighted by Crippen LogP contribution is -2.26. The van der Waals surface area contributed by atoms with Gasteiger partial charge in [-0.25, -0.2) is 0 Å². The van der Waals surface area contributed by atoms with E-state index in [4.69, 9.17) is 11.6 Å². The second-order valence-corrected chi connectivity index (χ2v) is 4.56. The predicted octanol–water partition coefficient (Wildman–Crippen LogP) is 3.49. The Bertz CT molecular complexity index is 138. The number of alkyl halides is 1. The van der Waals surface area contributed by atoms with Crippen molar-refractivity contribution in [2.24, 2.45) is 0 Å². The van der Waals surface area contributed by atoms with Crippen molar-refractivity contribution in [3.8, 4) is 0 Å².